The summed E-state index contributed by atoms with van der Waals surface area (Å²) in [6, 6.07) is 8.33. The zero-order valence-corrected chi connectivity index (χ0v) is 13.8. The van der Waals surface area contributed by atoms with Crippen LogP contribution >= 0.6 is 0 Å². The predicted molar refractivity (Wildman–Crippen MR) is 84.4 cm³/mol. The minimum Gasteiger partial charge on any atom is -0.444 e. The highest BCUT2D eigenvalue weighted by Crippen LogP contribution is 2.23. The molecule has 1 amide bonds. The van der Waals surface area contributed by atoms with Gasteiger partial charge >= 0.3 is 6.09 Å². The van der Waals surface area contributed by atoms with E-state index in [4.69, 9.17) is 4.74 Å². The first-order chi connectivity index (χ1) is 10.1. The second-order valence-corrected chi connectivity index (χ2v) is 6.42. The maximum Gasteiger partial charge on any atom is 0.408 e. The van der Waals surface area contributed by atoms with Crippen molar-refractivity contribution in [3.05, 3.63) is 35.9 Å². The van der Waals surface area contributed by atoms with Gasteiger partial charge in [-0.1, -0.05) is 37.3 Å². The average molecular weight is 307 g/mol. The van der Waals surface area contributed by atoms with Gasteiger partial charge in [-0.05, 0) is 33.3 Å². The minimum atomic E-state index is -1.03. The van der Waals surface area contributed by atoms with Crippen molar-refractivity contribution >= 4 is 11.9 Å². The maximum atomic E-state index is 12.0. The van der Waals surface area contributed by atoms with Gasteiger partial charge in [-0.25, -0.2) is 4.79 Å². The first-order valence-corrected chi connectivity index (χ1v) is 7.35. The maximum absolute atomic E-state index is 12.0. The Morgan fingerprint density at radius 2 is 1.73 bits per heavy atom. The number of hydrogen-bond acceptors (Lipinski definition) is 4. The molecule has 0 heterocycles. The zero-order chi connectivity index (χ0) is 16.9. The Morgan fingerprint density at radius 1 is 1.18 bits per heavy atom. The second kappa shape index (κ2) is 7.40. The number of aliphatic hydroxyl groups is 1. The molecular formula is C17H25NO4. The van der Waals surface area contributed by atoms with Crippen LogP contribution in [0.15, 0.2) is 30.3 Å². The van der Waals surface area contributed by atoms with Crippen molar-refractivity contribution < 1.29 is 19.4 Å². The van der Waals surface area contributed by atoms with Crippen molar-refractivity contribution in [2.24, 2.45) is 5.92 Å². The Kier molecular flexibility index (Phi) is 6.11. The largest absolute Gasteiger partial charge is 0.444 e. The average Bonchev–Trinajstić information content (AvgIpc) is 2.42. The van der Waals surface area contributed by atoms with Crippen molar-refractivity contribution in [2.45, 2.75) is 52.4 Å². The lowest BCUT2D eigenvalue weighted by Crippen LogP contribution is -2.43. The molecule has 0 bridgehead atoms. The SMILES string of the molecule is CC(=O)[C@H](C)[C@@H](O)[C@@H](NC(=O)OC(C)(C)C)c1ccccc1. The number of hydrogen-bond donors (Lipinski definition) is 2. The number of carbonyl (C=O) groups is 2. The smallest absolute Gasteiger partial charge is 0.408 e. The molecule has 1 aromatic rings. The molecule has 0 fully saturated rings. The summed E-state index contributed by atoms with van der Waals surface area (Å²) in [6.07, 6.45) is -1.66. The van der Waals surface area contributed by atoms with Crippen LogP contribution < -0.4 is 5.32 Å². The summed E-state index contributed by atoms with van der Waals surface area (Å²) in [6.45, 7) is 8.35. The fraction of sp³-hybridized carbons (Fsp3) is 0.529. The van der Waals surface area contributed by atoms with E-state index >= 15 is 0 Å². The number of amides is 1. The normalized spacial score (nSPS) is 15.5. The summed E-state index contributed by atoms with van der Waals surface area (Å²) in [7, 11) is 0. The summed E-state index contributed by atoms with van der Waals surface area (Å²) < 4.78 is 5.23. The van der Waals surface area contributed by atoms with Gasteiger partial charge in [0.15, 0.2) is 0 Å². The van der Waals surface area contributed by atoms with E-state index in [9.17, 15) is 14.7 Å². The van der Waals surface area contributed by atoms with Crippen LogP contribution in [0.4, 0.5) is 4.79 Å². The summed E-state index contributed by atoms with van der Waals surface area (Å²) in [5.74, 6) is -0.737. The molecule has 0 aromatic heterocycles. The molecule has 0 saturated heterocycles. The number of Topliss-reactive ketones (excluding diaryl/α,β-unsaturated/α-hetero) is 1. The van der Waals surface area contributed by atoms with E-state index < -0.39 is 29.8 Å². The highest BCUT2D eigenvalue weighted by molar-refractivity contribution is 5.78. The van der Waals surface area contributed by atoms with E-state index in [2.05, 4.69) is 5.32 Å². The van der Waals surface area contributed by atoms with Gasteiger partial charge in [0.25, 0.3) is 0 Å². The Balaban J connectivity index is 2.98. The lowest BCUT2D eigenvalue weighted by Gasteiger charge is -2.29. The number of benzene rings is 1. The zero-order valence-electron chi connectivity index (χ0n) is 13.8. The molecule has 2 N–H and O–H groups in total. The molecule has 0 saturated carbocycles. The molecular weight excluding hydrogens is 282 g/mol. The molecule has 0 aliphatic rings. The van der Waals surface area contributed by atoms with Crippen LogP contribution in [-0.4, -0.2) is 28.7 Å². The van der Waals surface area contributed by atoms with Gasteiger partial charge in [0.1, 0.15) is 11.4 Å². The number of aliphatic hydroxyl groups excluding tert-OH is 1. The van der Waals surface area contributed by atoms with E-state index in [0.29, 0.717) is 5.56 Å². The van der Waals surface area contributed by atoms with Crippen LogP contribution in [0.25, 0.3) is 0 Å². The molecule has 0 aliphatic heterocycles. The van der Waals surface area contributed by atoms with Gasteiger partial charge in [-0.2, -0.15) is 0 Å². The molecule has 5 heteroatoms. The predicted octanol–water partition coefficient (Wildman–Crippen LogP) is 2.84. The fourth-order valence-electron chi connectivity index (χ4n) is 1.99. The Morgan fingerprint density at radius 3 is 2.18 bits per heavy atom. The summed E-state index contributed by atoms with van der Waals surface area (Å²) in [5, 5.41) is 13.1. The molecule has 0 aliphatic carbocycles. The van der Waals surface area contributed by atoms with Gasteiger partial charge in [0.2, 0.25) is 0 Å². The Labute approximate surface area is 131 Å². The summed E-state index contributed by atoms with van der Waals surface area (Å²) >= 11 is 0. The van der Waals surface area contributed by atoms with Crippen molar-refractivity contribution in [2.75, 3.05) is 0 Å². The van der Waals surface area contributed by atoms with Crippen molar-refractivity contribution in [1.29, 1.82) is 0 Å². The number of ketones is 1. The van der Waals surface area contributed by atoms with E-state index in [0.717, 1.165) is 0 Å². The third-order valence-corrected chi connectivity index (χ3v) is 3.33. The standard InChI is InChI=1S/C17H25NO4/c1-11(12(2)19)15(20)14(13-9-7-6-8-10-13)18-16(21)22-17(3,4)5/h6-11,14-15,20H,1-5H3,(H,18,21)/t11-,14-,15+/m0/s1. The topological polar surface area (TPSA) is 75.6 Å². The molecule has 1 rings (SSSR count). The van der Waals surface area contributed by atoms with Crippen LogP contribution in [0.5, 0.6) is 0 Å². The Hall–Kier alpha value is -1.88. The van der Waals surface area contributed by atoms with Gasteiger partial charge in [-0.3, -0.25) is 4.79 Å². The molecule has 1 aromatic carbocycles. The van der Waals surface area contributed by atoms with E-state index in [1.807, 2.05) is 18.2 Å². The molecule has 5 nitrogen and oxygen atoms in total. The lowest BCUT2D eigenvalue weighted by molar-refractivity contribution is -0.124. The monoisotopic (exact) mass is 307 g/mol. The molecule has 3 atom stereocenters. The first kappa shape index (κ1) is 18.2. The first-order valence-electron chi connectivity index (χ1n) is 7.35. The summed E-state index contributed by atoms with van der Waals surface area (Å²) in [5.41, 5.74) is 0.0802. The van der Waals surface area contributed by atoms with Gasteiger partial charge in [0.05, 0.1) is 12.1 Å². The molecule has 0 radical (unpaired) electrons. The van der Waals surface area contributed by atoms with Crippen LogP contribution in [0.3, 0.4) is 0 Å². The third-order valence-electron chi connectivity index (χ3n) is 3.33. The van der Waals surface area contributed by atoms with Crippen LogP contribution in [0.1, 0.15) is 46.2 Å². The molecule has 0 spiro atoms. The van der Waals surface area contributed by atoms with E-state index in [-0.39, 0.29) is 5.78 Å². The molecule has 122 valence electrons. The fourth-order valence-corrected chi connectivity index (χ4v) is 1.99. The van der Waals surface area contributed by atoms with E-state index in [1.54, 1.807) is 39.8 Å². The van der Waals surface area contributed by atoms with Crippen LogP contribution in [-0.2, 0) is 9.53 Å². The molecule has 22 heavy (non-hydrogen) atoms. The van der Waals surface area contributed by atoms with Crippen LogP contribution in [0, 0.1) is 5.92 Å². The van der Waals surface area contributed by atoms with Gasteiger partial charge in [0, 0.05) is 5.92 Å². The van der Waals surface area contributed by atoms with Crippen molar-refractivity contribution in [1.82, 2.24) is 5.32 Å². The van der Waals surface area contributed by atoms with E-state index in [1.165, 1.54) is 6.92 Å². The van der Waals surface area contributed by atoms with Crippen molar-refractivity contribution in [3.63, 3.8) is 0 Å². The number of nitrogens with one attached hydrogen (secondary N) is 1. The summed E-state index contributed by atoms with van der Waals surface area (Å²) in [4.78, 5) is 23.5. The number of carbonyl (C=O) groups excluding carboxylic acids is 2. The number of alkyl carbamates (subject to hydrolysis) is 1. The number of rotatable bonds is 5. The van der Waals surface area contributed by atoms with Crippen LogP contribution in [0.2, 0.25) is 0 Å². The van der Waals surface area contributed by atoms with Gasteiger partial charge < -0.3 is 15.2 Å². The highest BCUT2D eigenvalue weighted by atomic mass is 16.6. The quantitative estimate of drug-likeness (QED) is 0.877. The molecule has 0 unspecified atom stereocenters. The third kappa shape index (κ3) is 5.48. The highest BCUT2D eigenvalue weighted by Gasteiger charge is 2.31. The minimum absolute atomic E-state index is 0.139. The van der Waals surface area contributed by atoms with Crippen molar-refractivity contribution in [3.8, 4) is 0 Å². The number of ether oxygens (including phenoxy) is 1. The second-order valence-electron chi connectivity index (χ2n) is 6.42. The Bertz CT molecular complexity index is 507. The lowest BCUT2D eigenvalue weighted by atomic mass is 9.90. The van der Waals surface area contributed by atoms with Gasteiger partial charge in [-0.15, -0.1) is 0 Å².